The summed E-state index contributed by atoms with van der Waals surface area (Å²) in [5.74, 6) is 0. The summed E-state index contributed by atoms with van der Waals surface area (Å²) in [5, 5.41) is 9.21. The molecule has 1 unspecified atom stereocenters. The molecule has 1 aromatic rings. The lowest BCUT2D eigenvalue weighted by atomic mass is 9.80. The lowest BCUT2D eigenvalue weighted by molar-refractivity contribution is 0.198. The SMILES string of the molecule is CC(O)c1ccncc1C[B-](F)(F)F. The van der Waals surface area contributed by atoms with E-state index >= 15 is 0 Å². The molecular weight excluding hydrogens is 194 g/mol. The zero-order valence-corrected chi connectivity index (χ0v) is 7.62. The Hall–Kier alpha value is -1.04. The molecule has 1 rings (SSSR count). The largest absolute Gasteiger partial charge is 0.482 e. The molecule has 0 aliphatic carbocycles. The average molecular weight is 204 g/mol. The third-order valence-electron chi connectivity index (χ3n) is 1.84. The van der Waals surface area contributed by atoms with Crippen molar-refractivity contribution in [2.24, 2.45) is 0 Å². The first-order valence-electron chi connectivity index (χ1n) is 4.22. The number of pyridine rings is 1. The summed E-state index contributed by atoms with van der Waals surface area (Å²) in [6.07, 6.45) is 0.631. The van der Waals surface area contributed by atoms with Gasteiger partial charge in [0.1, 0.15) is 0 Å². The normalized spacial score (nSPS) is 14.1. The summed E-state index contributed by atoms with van der Waals surface area (Å²) < 4.78 is 36.4. The Kier molecular flexibility index (Phi) is 3.15. The van der Waals surface area contributed by atoms with Crippen LogP contribution in [0.2, 0.25) is 0 Å². The van der Waals surface area contributed by atoms with Crippen LogP contribution in [0.3, 0.4) is 0 Å². The number of aliphatic hydroxyl groups excluding tert-OH is 1. The van der Waals surface area contributed by atoms with E-state index in [0.717, 1.165) is 6.20 Å². The Morgan fingerprint density at radius 2 is 2.14 bits per heavy atom. The summed E-state index contributed by atoms with van der Waals surface area (Å²) >= 11 is 0. The Balaban J connectivity index is 2.96. The van der Waals surface area contributed by atoms with Gasteiger partial charge in [0.2, 0.25) is 0 Å². The van der Waals surface area contributed by atoms with Gasteiger partial charge in [0.05, 0.1) is 6.10 Å². The summed E-state index contributed by atoms with van der Waals surface area (Å²) in [4.78, 5) is 3.61. The summed E-state index contributed by atoms with van der Waals surface area (Å²) in [5.41, 5.74) is 0.342. The van der Waals surface area contributed by atoms with E-state index in [-0.39, 0.29) is 5.56 Å². The van der Waals surface area contributed by atoms with Crippen molar-refractivity contribution in [3.63, 3.8) is 0 Å². The number of rotatable bonds is 3. The number of hydrogen-bond donors (Lipinski definition) is 1. The molecule has 0 aliphatic heterocycles. The molecule has 0 saturated heterocycles. The molecule has 6 heteroatoms. The minimum absolute atomic E-state index is 0.0509. The van der Waals surface area contributed by atoms with Gasteiger partial charge >= 0.3 is 6.98 Å². The maximum absolute atomic E-state index is 12.1. The van der Waals surface area contributed by atoms with Gasteiger partial charge in [-0.15, -0.1) is 0 Å². The molecule has 0 aliphatic rings. The molecule has 1 aromatic heterocycles. The van der Waals surface area contributed by atoms with Crippen molar-refractivity contribution in [3.8, 4) is 0 Å². The van der Waals surface area contributed by atoms with Crippen LogP contribution in [0, 0.1) is 0 Å². The molecule has 0 amide bonds. The Morgan fingerprint density at radius 3 is 2.64 bits per heavy atom. The molecule has 0 spiro atoms. The summed E-state index contributed by atoms with van der Waals surface area (Å²) in [7, 11) is 0. The van der Waals surface area contributed by atoms with E-state index < -0.39 is 19.4 Å². The molecular formula is C8H10BF3NO-. The lowest BCUT2D eigenvalue weighted by Crippen LogP contribution is -2.20. The molecule has 0 bridgehead atoms. The first-order valence-corrected chi connectivity index (χ1v) is 4.22. The second kappa shape index (κ2) is 4.00. The van der Waals surface area contributed by atoms with Gasteiger partial charge in [0.25, 0.3) is 0 Å². The topological polar surface area (TPSA) is 33.1 Å². The van der Waals surface area contributed by atoms with Crippen molar-refractivity contribution < 1.29 is 18.1 Å². The van der Waals surface area contributed by atoms with Crippen LogP contribution in [0.4, 0.5) is 12.9 Å². The van der Waals surface area contributed by atoms with Crippen LogP contribution in [0.5, 0.6) is 0 Å². The molecule has 0 aromatic carbocycles. The Bertz CT molecular complexity index is 314. The zero-order valence-electron chi connectivity index (χ0n) is 7.62. The molecule has 2 nitrogen and oxygen atoms in total. The second-order valence-electron chi connectivity index (χ2n) is 3.16. The van der Waals surface area contributed by atoms with E-state index in [1.807, 2.05) is 0 Å². The second-order valence-corrected chi connectivity index (χ2v) is 3.16. The highest BCUT2D eigenvalue weighted by molar-refractivity contribution is 6.57. The van der Waals surface area contributed by atoms with Crippen LogP contribution in [0.15, 0.2) is 18.5 Å². The third-order valence-corrected chi connectivity index (χ3v) is 1.84. The number of aliphatic hydroxyl groups is 1. The number of nitrogens with zero attached hydrogens (tertiary/aromatic N) is 1. The molecule has 1 N–H and O–H groups in total. The first kappa shape index (κ1) is 11.0. The van der Waals surface area contributed by atoms with E-state index in [1.54, 1.807) is 0 Å². The highest BCUT2D eigenvalue weighted by Gasteiger charge is 2.25. The number of hydrogen-bond acceptors (Lipinski definition) is 2. The van der Waals surface area contributed by atoms with Crippen molar-refractivity contribution in [1.29, 1.82) is 0 Å². The quantitative estimate of drug-likeness (QED) is 0.764. The molecule has 1 atom stereocenters. The summed E-state index contributed by atoms with van der Waals surface area (Å²) in [6, 6.07) is 1.40. The predicted octanol–water partition coefficient (Wildman–Crippen LogP) is 2.06. The first-order chi connectivity index (χ1) is 6.40. The predicted molar refractivity (Wildman–Crippen MR) is 47.7 cm³/mol. The fourth-order valence-corrected chi connectivity index (χ4v) is 1.27. The van der Waals surface area contributed by atoms with E-state index in [0.29, 0.717) is 5.56 Å². The van der Waals surface area contributed by atoms with Crippen LogP contribution in [0.25, 0.3) is 0 Å². The van der Waals surface area contributed by atoms with Crippen molar-refractivity contribution in [2.45, 2.75) is 19.3 Å². The molecule has 1 heterocycles. The van der Waals surface area contributed by atoms with Crippen molar-refractivity contribution >= 4 is 6.98 Å². The highest BCUT2D eigenvalue weighted by atomic mass is 19.4. The van der Waals surface area contributed by atoms with E-state index in [2.05, 4.69) is 4.98 Å². The van der Waals surface area contributed by atoms with Gasteiger partial charge in [-0.1, -0.05) is 11.9 Å². The summed E-state index contributed by atoms with van der Waals surface area (Å²) in [6.45, 7) is -3.45. The van der Waals surface area contributed by atoms with Gasteiger partial charge < -0.3 is 18.1 Å². The molecule has 0 radical (unpaired) electrons. The van der Waals surface area contributed by atoms with Gasteiger partial charge in [-0.2, -0.15) is 0 Å². The minimum atomic E-state index is -4.88. The highest BCUT2D eigenvalue weighted by Crippen LogP contribution is 2.22. The van der Waals surface area contributed by atoms with Crippen molar-refractivity contribution in [3.05, 3.63) is 29.6 Å². The Labute approximate surface area is 79.8 Å². The van der Waals surface area contributed by atoms with Gasteiger partial charge in [-0.3, -0.25) is 4.98 Å². The van der Waals surface area contributed by atoms with Crippen molar-refractivity contribution in [1.82, 2.24) is 4.98 Å². The van der Waals surface area contributed by atoms with Crippen LogP contribution in [-0.4, -0.2) is 17.1 Å². The monoisotopic (exact) mass is 204 g/mol. The van der Waals surface area contributed by atoms with Gasteiger partial charge in [0, 0.05) is 12.4 Å². The average Bonchev–Trinajstić information content (AvgIpc) is 2.01. The fourth-order valence-electron chi connectivity index (χ4n) is 1.27. The maximum atomic E-state index is 12.1. The molecule has 14 heavy (non-hydrogen) atoms. The lowest BCUT2D eigenvalue weighted by Gasteiger charge is -2.17. The van der Waals surface area contributed by atoms with E-state index in [9.17, 15) is 18.1 Å². The van der Waals surface area contributed by atoms with Crippen molar-refractivity contribution in [2.75, 3.05) is 0 Å². The smallest absolute Gasteiger partial charge is 0.449 e. The molecule has 0 saturated carbocycles. The van der Waals surface area contributed by atoms with Crippen LogP contribution in [0.1, 0.15) is 24.2 Å². The van der Waals surface area contributed by atoms with Crippen LogP contribution >= 0.6 is 0 Å². The number of aromatic nitrogens is 1. The maximum Gasteiger partial charge on any atom is 0.482 e. The standard InChI is InChI=1S/C8H10BF3NO/c1-6(14)8-2-3-13-5-7(8)4-9(10,11)12/h2-3,5-6,14H,4H2,1H3/q-1. The third kappa shape index (κ3) is 3.03. The van der Waals surface area contributed by atoms with Crippen LogP contribution in [-0.2, 0) is 6.32 Å². The van der Waals surface area contributed by atoms with Gasteiger partial charge in [-0.05, 0) is 18.6 Å². The van der Waals surface area contributed by atoms with Gasteiger partial charge in [0.15, 0.2) is 0 Å². The van der Waals surface area contributed by atoms with Crippen LogP contribution < -0.4 is 0 Å². The van der Waals surface area contributed by atoms with E-state index in [1.165, 1.54) is 19.2 Å². The number of halogens is 3. The van der Waals surface area contributed by atoms with E-state index in [4.69, 9.17) is 0 Å². The minimum Gasteiger partial charge on any atom is -0.449 e. The molecule has 0 fully saturated rings. The molecule has 78 valence electrons. The fraction of sp³-hybridized carbons (Fsp3) is 0.375. The Morgan fingerprint density at radius 1 is 1.50 bits per heavy atom. The van der Waals surface area contributed by atoms with Gasteiger partial charge in [-0.25, -0.2) is 0 Å². The zero-order chi connectivity index (χ0) is 10.8.